The average molecular weight is 446 g/mol. The molecule has 0 saturated carbocycles. The Hall–Kier alpha value is -2.21. The van der Waals surface area contributed by atoms with E-state index in [1.165, 1.54) is 0 Å². The predicted octanol–water partition coefficient (Wildman–Crippen LogP) is 6.03. The quantitative estimate of drug-likeness (QED) is 0.274. The van der Waals surface area contributed by atoms with Crippen LogP contribution in [0.4, 0.5) is 0 Å². The third-order valence-corrected chi connectivity index (χ3v) is 6.12. The molecule has 29 heavy (non-hydrogen) atoms. The topological polar surface area (TPSA) is 46.4 Å². The standard InChI is InChI=1S/C22H21Cl2N3OS/c1-15-12-17(16(2)27(15)18-8-9-20(23)21(24)13-18)14-25-26-22(28)10-11-29-19-6-4-3-5-7-19/h3-9,12-14H,10-11H2,1-2H3,(H,26,28)/b25-14+. The fraction of sp³-hybridized carbons (Fsp3) is 0.182. The molecule has 3 rings (SSSR count). The van der Waals surface area contributed by atoms with Crippen molar-refractivity contribution in [2.75, 3.05) is 5.75 Å². The molecule has 0 saturated heterocycles. The van der Waals surface area contributed by atoms with Crippen molar-refractivity contribution < 1.29 is 4.79 Å². The maximum atomic E-state index is 12.0. The second kappa shape index (κ2) is 10.0. The van der Waals surface area contributed by atoms with Gasteiger partial charge in [-0.15, -0.1) is 11.8 Å². The van der Waals surface area contributed by atoms with Crippen molar-refractivity contribution in [3.05, 3.63) is 81.6 Å². The van der Waals surface area contributed by atoms with E-state index in [2.05, 4.69) is 15.1 Å². The predicted molar refractivity (Wildman–Crippen MR) is 123 cm³/mol. The summed E-state index contributed by atoms with van der Waals surface area (Å²) in [5.74, 6) is 0.597. The summed E-state index contributed by atoms with van der Waals surface area (Å²) in [4.78, 5) is 13.2. The summed E-state index contributed by atoms with van der Waals surface area (Å²) in [6.45, 7) is 4.00. The van der Waals surface area contributed by atoms with Crippen LogP contribution in [0.1, 0.15) is 23.4 Å². The highest BCUT2D eigenvalue weighted by atomic mass is 35.5. The first-order chi connectivity index (χ1) is 14.0. The van der Waals surface area contributed by atoms with Gasteiger partial charge in [-0.05, 0) is 50.2 Å². The van der Waals surface area contributed by atoms with E-state index in [-0.39, 0.29) is 5.91 Å². The summed E-state index contributed by atoms with van der Waals surface area (Å²) in [5.41, 5.74) is 6.48. The monoisotopic (exact) mass is 445 g/mol. The molecule has 1 aromatic heterocycles. The van der Waals surface area contributed by atoms with Gasteiger partial charge in [-0.2, -0.15) is 5.10 Å². The Balaban J connectivity index is 1.59. The smallest absolute Gasteiger partial charge is 0.240 e. The van der Waals surface area contributed by atoms with Crippen molar-refractivity contribution in [2.24, 2.45) is 5.10 Å². The van der Waals surface area contributed by atoms with Gasteiger partial charge in [0.15, 0.2) is 0 Å². The van der Waals surface area contributed by atoms with E-state index in [0.717, 1.165) is 27.5 Å². The highest BCUT2D eigenvalue weighted by Crippen LogP contribution is 2.27. The molecular formula is C22H21Cl2N3OS. The molecule has 1 heterocycles. The number of carbonyl (C=O) groups excluding carboxylic acids is 1. The number of aromatic nitrogens is 1. The lowest BCUT2D eigenvalue weighted by Crippen LogP contribution is -2.17. The van der Waals surface area contributed by atoms with E-state index >= 15 is 0 Å². The molecule has 0 aliphatic carbocycles. The molecule has 0 atom stereocenters. The lowest BCUT2D eigenvalue weighted by molar-refractivity contribution is -0.120. The molecular weight excluding hydrogens is 425 g/mol. The lowest BCUT2D eigenvalue weighted by Gasteiger charge is -2.10. The Labute approximate surface area is 184 Å². The fourth-order valence-corrected chi connectivity index (χ4v) is 4.11. The van der Waals surface area contributed by atoms with Crippen LogP contribution in [0, 0.1) is 13.8 Å². The molecule has 0 radical (unpaired) electrons. The first kappa shape index (κ1) is 21.5. The van der Waals surface area contributed by atoms with Gasteiger partial charge >= 0.3 is 0 Å². The van der Waals surface area contributed by atoms with Crippen molar-refractivity contribution in [1.82, 2.24) is 9.99 Å². The van der Waals surface area contributed by atoms with E-state index in [0.29, 0.717) is 22.2 Å². The number of rotatable bonds is 7. The third kappa shape index (κ3) is 5.66. The number of nitrogens with one attached hydrogen (secondary N) is 1. The van der Waals surface area contributed by atoms with Crippen LogP contribution in [0.3, 0.4) is 0 Å². The number of nitrogens with zero attached hydrogens (tertiary/aromatic N) is 2. The first-order valence-electron chi connectivity index (χ1n) is 9.10. The Bertz CT molecular complexity index is 1030. The minimum absolute atomic E-state index is 0.108. The highest BCUT2D eigenvalue weighted by Gasteiger charge is 2.11. The molecule has 0 fully saturated rings. The number of carbonyl (C=O) groups is 1. The molecule has 3 aromatic rings. The molecule has 0 spiro atoms. The maximum Gasteiger partial charge on any atom is 0.240 e. The Morgan fingerprint density at radius 3 is 2.59 bits per heavy atom. The largest absolute Gasteiger partial charge is 0.318 e. The number of amides is 1. The van der Waals surface area contributed by atoms with Crippen molar-refractivity contribution >= 4 is 47.1 Å². The van der Waals surface area contributed by atoms with E-state index in [1.54, 1.807) is 24.0 Å². The zero-order valence-corrected chi connectivity index (χ0v) is 18.5. The van der Waals surface area contributed by atoms with Crippen LogP contribution in [0.5, 0.6) is 0 Å². The summed E-state index contributed by atoms with van der Waals surface area (Å²) in [6, 6.07) is 17.6. The molecule has 1 N–H and O–H groups in total. The Morgan fingerprint density at radius 1 is 1.10 bits per heavy atom. The van der Waals surface area contributed by atoms with Crippen LogP contribution in [-0.4, -0.2) is 22.4 Å². The Kier molecular flexibility index (Phi) is 7.42. The van der Waals surface area contributed by atoms with Crippen molar-refractivity contribution in [3.63, 3.8) is 0 Å². The number of hydrazone groups is 1. The molecule has 1 amide bonds. The first-order valence-corrected chi connectivity index (χ1v) is 10.8. The summed E-state index contributed by atoms with van der Waals surface area (Å²) in [6.07, 6.45) is 2.07. The van der Waals surface area contributed by atoms with Gasteiger partial charge in [0, 0.05) is 39.7 Å². The molecule has 150 valence electrons. The highest BCUT2D eigenvalue weighted by molar-refractivity contribution is 7.99. The second-order valence-electron chi connectivity index (χ2n) is 6.46. The molecule has 7 heteroatoms. The Morgan fingerprint density at radius 2 is 1.86 bits per heavy atom. The van der Waals surface area contributed by atoms with Crippen molar-refractivity contribution in [1.29, 1.82) is 0 Å². The van der Waals surface area contributed by atoms with Gasteiger partial charge in [0.25, 0.3) is 0 Å². The minimum Gasteiger partial charge on any atom is -0.318 e. The lowest BCUT2D eigenvalue weighted by atomic mass is 10.2. The van der Waals surface area contributed by atoms with E-state index < -0.39 is 0 Å². The molecule has 0 unspecified atom stereocenters. The van der Waals surface area contributed by atoms with Gasteiger partial charge in [0.05, 0.1) is 16.3 Å². The molecule has 4 nitrogen and oxygen atoms in total. The number of aryl methyl sites for hydroxylation is 1. The second-order valence-corrected chi connectivity index (χ2v) is 8.45. The van der Waals surface area contributed by atoms with E-state index in [9.17, 15) is 4.79 Å². The number of hydrogen-bond acceptors (Lipinski definition) is 3. The zero-order chi connectivity index (χ0) is 20.8. The van der Waals surface area contributed by atoms with Crippen molar-refractivity contribution in [2.45, 2.75) is 25.2 Å². The summed E-state index contributed by atoms with van der Waals surface area (Å²) in [5, 5.41) is 5.14. The number of benzene rings is 2. The van der Waals surface area contributed by atoms with Crippen LogP contribution in [0.25, 0.3) is 5.69 Å². The van der Waals surface area contributed by atoms with Crippen LogP contribution in [0.15, 0.2) is 64.6 Å². The van der Waals surface area contributed by atoms with Crippen molar-refractivity contribution in [3.8, 4) is 5.69 Å². The summed E-state index contributed by atoms with van der Waals surface area (Å²) < 4.78 is 2.07. The van der Waals surface area contributed by atoms with Gasteiger partial charge in [-0.3, -0.25) is 4.79 Å². The summed E-state index contributed by atoms with van der Waals surface area (Å²) >= 11 is 13.8. The van der Waals surface area contributed by atoms with Crippen LogP contribution < -0.4 is 5.43 Å². The third-order valence-electron chi connectivity index (χ3n) is 4.37. The van der Waals surface area contributed by atoms with Crippen LogP contribution >= 0.6 is 35.0 Å². The number of hydrogen-bond donors (Lipinski definition) is 1. The molecule has 0 bridgehead atoms. The van der Waals surface area contributed by atoms with Gasteiger partial charge in [-0.1, -0.05) is 41.4 Å². The van der Waals surface area contributed by atoms with Gasteiger partial charge < -0.3 is 4.57 Å². The molecule has 0 aliphatic heterocycles. The zero-order valence-electron chi connectivity index (χ0n) is 16.2. The van der Waals surface area contributed by atoms with Gasteiger partial charge in [-0.25, -0.2) is 5.43 Å². The number of thioether (sulfide) groups is 1. The van der Waals surface area contributed by atoms with E-state index in [4.69, 9.17) is 23.2 Å². The number of halogens is 2. The molecule has 0 aliphatic rings. The SMILES string of the molecule is Cc1cc(/C=N/NC(=O)CCSc2ccccc2)c(C)n1-c1ccc(Cl)c(Cl)c1. The average Bonchev–Trinajstić information content (AvgIpc) is 2.98. The fourth-order valence-electron chi connectivity index (χ4n) is 2.95. The molecule has 2 aromatic carbocycles. The van der Waals surface area contributed by atoms with Crippen LogP contribution in [-0.2, 0) is 4.79 Å². The summed E-state index contributed by atoms with van der Waals surface area (Å²) in [7, 11) is 0. The maximum absolute atomic E-state index is 12.0. The minimum atomic E-state index is -0.108. The van der Waals surface area contributed by atoms with Crippen LogP contribution in [0.2, 0.25) is 10.0 Å². The normalized spacial score (nSPS) is 11.2. The van der Waals surface area contributed by atoms with Gasteiger partial charge in [0.2, 0.25) is 5.91 Å². The van der Waals surface area contributed by atoms with Gasteiger partial charge in [0.1, 0.15) is 0 Å². The van der Waals surface area contributed by atoms with E-state index in [1.807, 2.05) is 62.4 Å².